The van der Waals surface area contributed by atoms with E-state index in [0.717, 1.165) is 11.3 Å². The van der Waals surface area contributed by atoms with Gasteiger partial charge in [0, 0.05) is 16.1 Å². The fourth-order valence-corrected chi connectivity index (χ4v) is 3.45. The number of hydrogen-bond acceptors (Lipinski definition) is 6. The lowest BCUT2D eigenvalue weighted by Crippen LogP contribution is -2.27. The van der Waals surface area contributed by atoms with Crippen LogP contribution >= 0.6 is 22.9 Å². The molecule has 0 aliphatic rings. The van der Waals surface area contributed by atoms with Gasteiger partial charge < -0.3 is 5.32 Å². The largest absolute Gasteiger partial charge is 0.300 e. The van der Waals surface area contributed by atoms with Crippen molar-refractivity contribution in [3.8, 4) is 0 Å². The lowest BCUT2D eigenvalue weighted by Gasteiger charge is -2.15. The maximum Gasteiger partial charge on any atom is 0.291 e. The Morgan fingerprint density at radius 2 is 1.78 bits per heavy atom. The zero-order chi connectivity index (χ0) is 17.3. The van der Waals surface area contributed by atoms with Gasteiger partial charge in [0.2, 0.25) is 11.0 Å². The van der Waals surface area contributed by atoms with E-state index in [0.29, 0.717) is 10.7 Å². The van der Waals surface area contributed by atoms with E-state index in [4.69, 9.17) is 11.6 Å². The van der Waals surface area contributed by atoms with Crippen LogP contribution in [0.5, 0.6) is 0 Å². The molecule has 2 rings (SSSR count). The van der Waals surface area contributed by atoms with Gasteiger partial charge in [-0.2, -0.15) is 8.42 Å². The zero-order valence-electron chi connectivity index (χ0n) is 12.6. The molecule has 0 aliphatic carbocycles. The molecule has 2 N–H and O–H groups in total. The molecule has 1 aromatic carbocycles. The van der Waals surface area contributed by atoms with E-state index in [2.05, 4.69) is 20.2 Å². The molecular formula is C13H15ClN4O3S2. The van der Waals surface area contributed by atoms with E-state index in [9.17, 15) is 13.2 Å². The van der Waals surface area contributed by atoms with Crippen LogP contribution in [0, 0.1) is 5.41 Å². The number of carbonyl (C=O) groups is 1. The maximum absolute atomic E-state index is 12.2. The third-order valence-electron chi connectivity index (χ3n) is 2.63. The summed E-state index contributed by atoms with van der Waals surface area (Å²) in [5.74, 6) is -0.275. The summed E-state index contributed by atoms with van der Waals surface area (Å²) in [5.41, 5.74) is -0.267. The molecule has 0 atom stereocenters. The molecule has 1 amide bonds. The molecule has 23 heavy (non-hydrogen) atoms. The van der Waals surface area contributed by atoms with Crippen molar-refractivity contribution < 1.29 is 13.2 Å². The van der Waals surface area contributed by atoms with Gasteiger partial charge in [0.1, 0.15) is 0 Å². The topological polar surface area (TPSA) is 101 Å². The van der Waals surface area contributed by atoms with Crippen LogP contribution in [0.4, 0.5) is 10.8 Å². The van der Waals surface area contributed by atoms with Crippen LogP contribution in [0.15, 0.2) is 28.6 Å². The van der Waals surface area contributed by atoms with Gasteiger partial charge in [-0.3, -0.25) is 9.52 Å². The number of aromatic nitrogens is 2. The highest BCUT2D eigenvalue weighted by Crippen LogP contribution is 2.25. The predicted octanol–water partition coefficient (Wildman–Crippen LogP) is 2.98. The van der Waals surface area contributed by atoms with Crippen molar-refractivity contribution in [1.29, 1.82) is 0 Å². The summed E-state index contributed by atoms with van der Waals surface area (Å²) in [6, 6.07) is 6.19. The number of sulfonamides is 1. The Bertz CT molecular complexity index is 810. The number of halogens is 1. The highest BCUT2D eigenvalue weighted by atomic mass is 35.5. The standard InChI is InChI=1S/C13H15ClN4O3S2/c1-13(2,3)10(19)15-11-16-17-12(22-11)23(20,21)18-9-6-4-8(14)5-7-9/h4-7,18H,1-3H3,(H,15,16,19). The molecule has 2 aromatic rings. The van der Waals surface area contributed by atoms with Gasteiger partial charge >= 0.3 is 0 Å². The molecule has 0 fully saturated rings. The van der Waals surface area contributed by atoms with Crippen LogP contribution < -0.4 is 10.0 Å². The van der Waals surface area contributed by atoms with Gasteiger partial charge in [0.25, 0.3) is 14.4 Å². The predicted molar refractivity (Wildman–Crippen MR) is 90.3 cm³/mol. The first-order valence-corrected chi connectivity index (χ1v) is 9.19. The normalized spacial score (nSPS) is 12.0. The third kappa shape index (κ3) is 4.63. The van der Waals surface area contributed by atoms with Crippen molar-refractivity contribution in [2.24, 2.45) is 5.41 Å². The average Bonchev–Trinajstić information content (AvgIpc) is 2.89. The smallest absolute Gasteiger partial charge is 0.291 e. The summed E-state index contributed by atoms with van der Waals surface area (Å²) in [6.45, 7) is 5.22. The summed E-state index contributed by atoms with van der Waals surface area (Å²) < 4.78 is 26.6. The first-order valence-electron chi connectivity index (χ1n) is 6.51. The summed E-state index contributed by atoms with van der Waals surface area (Å²) in [4.78, 5) is 11.9. The Balaban J connectivity index is 2.15. The fourth-order valence-electron chi connectivity index (χ4n) is 1.37. The number of anilines is 2. The van der Waals surface area contributed by atoms with E-state index < -0.39 is 15.4 Å². The molecule has 0 unspecified atom stereocenters. The second kappa shape index (κ2) is 6.42. The summed E-state index contributed by atoms with van der Waals surface area (Å²) in [7, 11) is -3.88. The molecule has 0 saturated heterocycles. The highest BCUT2D eigenvalue weighted by Gasteiger charge is 2.25. The highest BCUT2D eigenvalue weighted by molar-refractivity contribution is 7.94. The van der Waals surface area contributed by atoms with Gasteiger partial charge in [-0.1, -0.05) is 43.7 Å². The molecule has 0 saturated carbocycles. The van der Waals surface area contributed by atoms with Gasteiger partial charge in [0.15, 0.2) is 0 Å². The zero-order valence-corrected chi connectivity index (χ0v) is 15.0. The van der Waals surface area contributed by atoms with E-state index in [1.165, 1.54) is 12.1 Å². The maximum atomic E-state index is 12.2. The van der Waals surface area contributed by atoms with Gasteiger partial charge in [-0.25, -0.2) is 0 Å². The lowest BCUT2D eigenvalue weighted by molar-refractivity contribution is -0.123. The third-order valence-corrected chi connectivity index (χ3v) is 5.47. The van der Waals surface area contributed by atoms with Crippen molar-refractivity contribution >= 4 is 49.7 Å². The van der Waals surface area contributed by atoms with Crippen LogP contribution in [-0.2, 0) is 14.8 Å². The number of carbonyl (C=O) groups excluding carboxylic acids is 1. The second-order valence-corrected chi connectivity index (χ2v) is 8.96. The van der Waals surface area contributed by atoms with E-state index in [1.807, 2.05) is 0 Å². The summed E-state index contributed by atoms with van der Waals surface area (Å²) in [5, 5.41) is 10.5. The fraction of sp³-hybridized carbons (Fsp3) is 0.308. The minimum Gasteiger partial charge on any atom is -0.300 e. The van der Waals surface area contributed by atoms with E-state index in [1.54, 1.807) is 32.9 Å². The molecule has 0 bridgehead atoms. The Labute approximate surface area is 143 Å². The van der Waals surface area contributed by atoms with Crippen LogP contribution in [-0.4, -0.2) is 24.5 Å². The monoisotopic (exact) mass is 374 g/mol. The first-order chi connectivity index (χ1) is 10.6. The number of nitrogens with zero attached hydrogens (tertiary/aromatic N) is 2. The Kier molecular flexibility index (Phi) is 4.92. The van der Waals surface area contributed by atoms with Crippen LogP contribution in [0.25, 0.3) is 0 Å². The van der Waals surface area contributed by atoms with E-state index in [-0.39, 0.29) is 15.4 Å². The number of rotatable bonds is 4. The molecule has 1 heterocycles. The summed E-state index contributed by atoms with van der Waals surface area (Å²) in [6.07, 6.45) is 0. The number of amides is 1. The number of nitrogens with one attached hydrogen (secondary N) is 2. The Morgan fingerprint density at radius 1 is 1.17 bits per heavy atom. The van der Waals surface area contributed by atoms with Crippen molar-refractivity contribution in [1.82, 2.24) is 10.2 Å². The van der Waals surface area contributed by atoms with Gasteiger partial charge in [0.05, 0.1) is 0 Å². The number of benzene rings is 1. The first kappa shape index (κ1) is 17.6. The Hall–Kier alpha value is -1.71. The SMILES string of the molecule is CC(C)(C)C(=O)Nc1nnc(S(=O)(=O)Nc2ccc(Cl)cc2)s1. The molecule has 0 radical (unpaired) electrons. The average molecular weight is 375 g/mol. The van der Waals surface area contributed by atoms with Crippen molar-refractivity contribution in [2.45, 2.75) is 25.1 Å². The molecule has 0 aliphatic heterocycles. The van der Waals surface area contributed by atoms with Crippen molar-refractivity contribution in [3.05, 3.63) is 29.3 Å². The molecule has 0 spiro atoms. The molecular weight excluding hydrogens is 360 g/mol. The van der Waals surface area contributed by atoms with Crippen LogP contribution in [0.3, 0.4) is 0 Å². The number of hydrogen-bond donors (Lipinski definition) is 2. The lowest BCUT2D eigenvalue weighted by atomic mass is 9.96. The van der Waals surface area contributed by atoms with Crippen LogP contribution in [0.2, 0.25) is 5.02 Å². The van der Waals surface area contributed by atoms with Crippen molar-refractivity contribution in [2.75, 3.05) is 10.0 Å². The van der Waals surface area contributed by atoms with Gasteiger partial charge in [-0.05, 0) is 24.3 Å². The Morgan fingerprint density at radius 3 is 2.35 bits per heavy atom. The molecule has 124 valence electrons. The molecule has 7 nitrogen and oxygen atoms in total. The van der Waals surface area contributed by atoms with Crippen LogP contribution in [0.1, 0.15) is 20.8 Å². The quantitative estimate of drug-likeness (QED) is 0.801. The molecule has 1 aromatic heterocycles. The minimum atomic E-state index is -3.88. The van der Waals surface area contributed by atoms with Crippen molar-refractivity contribution in [3.63, 3.8) is 0 Å². The summed E-state index contributed by atoms with van der Waals surface area (Å²) >= 11 is 6.53. The minimum absolute atomic E-state index is 0.126. The molecule has 10 heteroatoms. The van der Waals surface area contributed by atoms with Gasteiger partial charge in [-0.15, -0.1) is 10.2 Å². The second-order valence-electron chi connectivity index (χ2n) is 5.69. The van der Waals surface area contributed by atoms with E-state index >= 15 is 0 Å².